The van der Waals surface area contributed by atoms with Gasteiger partial charge in [0.25, 0.3) is 0 Å². The van der Waals surface area contributed by atoms with E-state index in [1.54, 1.807) is 0 Å². The smallest absolute Gasteiger partial charge is 0.164 e. The van der Waals surface area contributed by atoms with Crippen molar-refractivity contribution in [1.82, 2.24) is 0 Å². The summed E-state index contributed by atoms with van der Waals surface area (Å²) < 4.78 is 12.3. The average Bonchev–Trinajstić information content (AvgIpc) is 3.13. The van der Waals surface area contributed by atoms with Gasteiger partial charge in [-0.3, -0.25) is 0 Å². The van der Waals surface area contributed by atoms with Gasteiger partial charge in [0.2, 0.25) is 0 Å². The maximum Gasteiger partial charge on any atom is 0.164 e. The fourth-order valence-corrected chi connectivity index (χ4v) is 3.17. The van der Waals surface area contributed by atoms with Crippen molar-refractivity contribution < 1.29 is 9.15 Å². The van der Waals surface area contributed by atoms with E-state index in [0.29, 0.717) is 6.54 Å². The van der Waals surface area contributed by atoms with E-state index < -0.39 is 0 Å². The molecule has 0 atom stereocenters. The lowest BCUT2D eigenvalue weighted by atomic mass is 10.0. The number of halogens is 1. The predicted molar refractivity (Wildman–Crippen MR) is 116 cm³/mol. The number of hydrogen-bond donors (Lipinski definition) is 1. The van der Waals surface area contributed by atoms with Crippen molar-refractivity contribution in [2.45, 2.75) is 6.54 Å². The monoisotopic (exact) mass is 466 g/mol. The lowest BCUT2D eigenvalue weighted by molar-refractivity contribution is 0.483. The number of para-hydroxylation sites is 1. The van der Waals surface area contributed by atoms with Crippen LogP contribution in [0.5, 0.6) is 11.5 Å². The molecule has 1 heterocycles. The van der Waals surface area contributed by atoms with Gasteiger partial charge < -0.3 is 14.5 Å². The second kappa shape index (κ2) is 8.31. The topological polar surface area (TPSA) is 34.4 Å². The number of rotatable bonds is 6. The first kappa shape index (κ1) is 17.7. The first-order chi connectivity index (χ1) is 13.3. The normalized spacial score (nSPS) is 10.6. The Morgan fingerprint density at radius 1 is 0.889 bits per heavy atom. The highest BCUT2D eigenvalue weighted by atomic mass is 127. The van der Waals surface area contributed by atoms with Crippen LogP contribution in [0.2, 0.25) is 0 Å². The molecule has 3 nitrogen and oxygen atoms in total. The third-order valence-electron chi connectivity index (χ3n) is 4.04. The molecule has 4 rings (SSSR count). The van der Waals surface area contributed by atoms with E-state index in [9.17, 15) is 0 Å². The van der Waals surface area contributed by atoms with Crippen molar-refractivity contribution >= 4 is 28.3 Å². The number of hydrogen-bond acceptors (Lipinski definition) is 3. The minimum atomic E-state index is 0.649. The maximum atomic E-state index is 5.85. The Kier molecular flexibility index (Phi) is 5.44. The van der Waals surface area contributed by atoms with Crippen LogP contribution < -0.4 is 10.1 Å². The van der Waals surface area contributed by atoms with Gasteiger partial charge >= 0.3 is 0 Å². The molecule has 0 aliphatic rings. The van der Waals surface area contributed by atoms with Gasteiger partial charge in [0.05, 0.1) is 6.54 Å². The van der Waals surface area contributed by atoms with E-state index >= 15 is 0 Å². The highest BCUT2D eigenvalue weighted by Gasteiger charge is 2.03. The molecule has 0 saturated carbocycles. The molecule has 133 valence electrons. The van der Waals surface area contributed by atoms with E-state index in [1.807, 2.05) is 78.9 Å². The lowest BCUT2D eigenvalue weighted by Gasteiger charge is -2.09. The zero-order valence-electron chi connectivity index (χ0n) is 14.5. The van der Waals surface area contributed by atoms with Crippen LogP contribution in [0.15, 0.2) is 89.3 Å². The van der Waals surface area contributed by atoms with E-state index in [1.165, 1.54) is 0 Å². The molecule has 0 aliphatic carbocycles. The largest absolute Gasteiger partial charge is 0.457 e. The van der Waals surface area contributed by atoms with E-state index in [2.05, 4.69) is 40.0 Å². The molecular weight excluding hydrogens is 449 g/mol. The van der Waals surface area contributed by atoms with Crippen LogP contribution >= 0.6 is 22.6 Å². The Bertz CT molecular complexity index is 1010. The van der Waals surface area contributed by atoms with E-state index in [-0.39, 0.29) is 0 Å². The third-order valence-corrected chi connectivity index (χ3v) is 4.62. The van der Waals surface area contributed by atoms with Gasteiger partial charge in [-0.1, -0.05) is 36.4 Å². The fourth-order valence-electron chi connectivity index (χ4n) is 2.71. The number of benzene rings is 3. The molecule has 3 aromatic carbocycles. The van der Waals surface area contributed by atoms with Crippen LogP contribution in [0.3, 0.4) is 0 Å². The van der Waals surface area contributed by atoms with Crippen molar-refractivity contribution in [3.05, 3.63) is 101 Å². The SMILES string of the molecule is Ic1ccc(CNc2cc[c]c(-c3ccc(Oc4ccccc4)cc3)c2)o1. The summed E-state index contributed by atoms with van der Waals surface area (Å²) in [6.07, 6.45) is 0. The molecule has 1 radical (unpaired) electrons. The van der Waals surface area contributed by atoms with Gasteiger partial charge in [0, 0.05) is 5.69 Å². The molecule has 0 amide bonds. The average molecular weight is 466 g/mol. The van der Waals surface area contributed by atoms with E-state index in [0.717, 1.165) is 37.8 Å². The summed E-state index contributed by atoms with van der Waals surface area (Å²) in [7, 11) is 0. The summed E-state index contributed by atoms with van der Waals surface area (Å²) in [5.41, 5.74) is 3.15. The van der Waals surface area contributed by atoms with Gasteiger partial charge in [0.15, 0.2) is 3.77 Å². The van der Waals surface area contributed by atoms with Crippen LogP contribution in [-0.4, -0.2) is 0 Å². The Hall–Kier alpha value is -2.73. The van der Waals surface area contributed by atoms with Gasteiger partial charge in [-0.25, -0.2) is 0 Å². The second-order valence-electron chi connectivity index (χ2n) is 5.99. The molecule has 0 bridgehead atoms. The molecule has 1 N–H and O–H groups in total. The van der Waals surface area contributed by atoms with Crippen molar-refractivity contribution in [1.29, 1.82) is 0 Å². The van der Waals surface area contributed by atoms with Gasteiger partial charge in [-0.05, 0) is 88.3 Å². The quantitative estimate of drug-likeness (QED) is 0.319. The van der Waals surface area contributed by atoms with Crippen LogP contribution in [0.25, 0.3) is 11.1 Å². The molecule has 4 heteroatoms. The molecule has 0 saturated heterocycles. The summed E-state index contributed by atoms with van der Waals surface area (Å²) in [4.78, 5) is 0. The fraction of sp³-hybridized carbons (Fsp3) is 0.0435. The number of nitrogens with one attached hydrogen (secondary N) is 1. The number of anilines is 1. The van der Waals surface area contributed by atoms with Crippen molar-refractivity contribution in [3.63, 3.8) is 0 Å². The first-order valence-corrected chi connectivity index (χ1v) is 9.67. The van der Waals surface area contributed by atoms with Gasteiger partial charge in [-0.2, -0.15) is 0 Å². The Labute approximate surface area is 172 Å². The lowest BCUT2D eigenvalue weighted by Crippen LogP contribution is -1.98. The standard InChI is InChI=1S/C23H17INO2/c24-23-14-13-22(27-23)16-25-19-6-4-5-18(15-19)17-9-11-21(12-10-17)26-20-7-2-1-3-8-20/h1-4,6-15,25H,16H2. The Morgan fingerprint density at radius 2 is 1.67 bits per heavy atom. The summed E-state index contributed by atoms with van der Waals surface area (Å²) in [6, 6.07) is 31.1. The van der Waals surface area contributed by atoms with Crippen molar-refractivity contribution in [2.75, 3.05) is 5.32 Å². The number of furan rings is 1. The predicted octanol–water partition coefficient (Wildman–Crippen LogP) is 6.76. The molecule has 1 aromatic heterocycles. The molecule has 27 heavy (non-hydrogen) atoms. The first-order valence-electron chi connectivity index (χ1n) is 8.59. The molecule has 0 fully saturated rings. The molecule has 0 unspecified atom stereocenters. The highest BCUT2D eigenvalue weighted by molar-refractivity contribution is 14.1. The molecular formula is C23H17INO2. The zero-order chi connectivity index (χ0) is 18.5. The third kappa shape index (κ3) is 4.71. The minimum Gasteiger partial charge on any atom is -0.457 e. The van der Waals surface area contributed by atoms with Crippen LogP contribution in [0.4, 0.5) is 5.69 Å². The molecule has 0 aliphatic heterocycles. The number of ether oxygens (including phenoxy) is 1. The Balaban J connectivity index is 1.45. The van der Waals surface area contributed by atoms with E-state index in [4.69, 9.17) is 9.15 Å². The summed E-state index contributed by atoms with van der Waals surface area (Å²) in [5, 5.41) is 3.39. The second-order valence-corrected chi connectivity index (χ2v) is 7.05. The zero-order valence-corrected chi connectivity index (χ0v) is 16.6. The van der Waals surface area contributed by atoms with Crippen molar-refractivity contribution in [3.8, 4) is 22.6 Å². The Morgan fingerprint density at radius 3 is 2.41 bits per heavy atom. The van der Waals surface area contributed by atoms with Gasteiger partial charge in [0.1, 0.15) is 17.3 Å². The molecule has 0 spiro atoms. The minimum absolute atomic E-state index is 0.649. The van der Waals surface area contributed by atoms with Crippen molar-refractivity contribution in [2.24, 2.45) is 0 Å². The van der Waals surface area contributed by atoms with Gasteiger partial charge in [-0.15, -0.1) is 0 Å². The summed E-state index contributed by atoms with van der Waals surface area (Å²) >= 11 is 2.17. The molecule has 4 aromatic rings. The van der Waals surface area contributed by atoms with Crippen LogP contribution in [0, 0.1) is 9.83 Å². The maximum absolute atomic E-state index is 5.85. The van der Waals surface area contributed by atoms with Crippen LogP contribution in [0.1, 0.15) is 5.76 Å². The summed E-state index contributed by atoms with van der Waals surface area (Å²) in [5.74, 6) is 2.55. The summed E-state index contributed by atoms with van der Waals surface area (Å²) in [6.45, 7) is 0.649. The van der Waals surface area contributed by atoms with Crippen LogP contribution in [-0.2, 0) is 6.54 Å². The highest BCUT2D eigenvalue weighted by Crippen LogP contribution is 2.27.